The molecule has 8 heteroatoms. The number of carbonyl (C=O) groups excluding carboxylic acids is 1. The molecule has 0 radical (unpaired) electrons. The maximum atomic E-state index is 11.6. The van der Waals surface area contributed by atoms with E-state index >= 15 is 0 Å². The van der Waals surface area contributed by atoms with Gasteiger partial charge in [-0.15, -0.1) is 0 Å². The minimum Gasteiger partial charge on any atom is -0.393 e. The van der Waals surface area contributed by atoms with Crippen LogP contribution in [0.25, 0.3) is 0 Å². The number of rotatable bonds is 6. The summed E-state index contributed by atoms with van der Waals surface area (Å²) in [5, 5.41) is 11.9. The molecule has 1 amide bonds. The fourth-order valence-corrected chi connectivity index (χ4v) is 2.30. The van der Waals surface area contributed by atoms with E-state index in [-0.39, 0.29) is 23.0 Å². The summed E-state index contributed by atoms with van der Waals surface area (Å²) in [5.74, 6) is -0.245. The average molecular weight is 321 g/mol. The highest BCUT2D eigenvalue weighted by molar-refractivity contribution is 7.92. The maximum absolute atomic E-state index is 11.6. The summed E-state index contributed by atoms with van der Waals surface area (Å²) < 4.78 is 24.5. The average Bonchev–Trinajstić information content (AvgIpc) is 2.28. The van der Waals surface area contributed by atoms with Crippen LogP contribution in [0.2, 0.25) is 5.02 Å². The van der Waals surface area contributed by atoms with Gasteiger partial charge in [0, 0.05) is 12.1 Å². The Kier molecular flexibility index (Phi) is 5.79. The van der Waals surface area contributed by atoms with Crippen LogP contribution in [-0.4, -0.2) is 31.8 Å². The molecule has 0 fully saturated rings. The zero-order chi connectivity index (χ0) is 15.3. The minimum atomic E-state index is -3.40. The summed E-state index contributed by atoms with van der Waals surface area (Å²) in [4.78, 5) is 11.6. The zero-order valence-corrected chi connectivity index (χ0v) is 12.8. The molecule has 0 aliphatic carbocycles. The summed E-state index contributed by atoms with van der Waals surface area (Å²) in [6.07, 6.45) is 1.05. The highest BCUT2D eigenvalue weighted by Crippen LogP contribution is 2.26. The van der Waals surface area contributed by atoms with Crippen molar-refractivity contribution in [3.05, 3.63) is 23.2 Å². The molecule has 0 saturated heterocycles. The van der Waals surface area contributed by atoms with E-state index in [2.05, 4.69) is 10.0 Å². The van der Waals surface area contributed by atoms with Gasteiger partial charge in [0.1, 0.15) is 0 Å². The van der Waals surface area contributed by atoms with Gasteiger partial charge in [0.25, 0.3) is 0 Å². The van der Waals surface area contributed by atoms with Crippen LogP contribution < -0.4 is 10.0 Å². The number of anilines is 2. The molecule has 112 valence electrons. The van der Waals surface area contributed by atoms with Crippen LogP contribution in [0.15, 0.2) is 18.2 Å². The van der Waals surface area contributed by atoms with Gasteiger partial charge in [-0.25, -0.2) is 8.42 Å². The lowest BCUT2D eigenvalue weighted by molar-refractivity contribution is -0.116. The SMILES string of the molecule is CC(O)CCC(=O)Nc1ccc(NS(C)(=O)=O)c(Cl)c1. The first-order valence-electron chi connectivity index (χ1n) is 5.92. The molecule has 6 nitrogen and oxygen atoms in total. The smallest absolute Gasteiger partial charge is 0.229 e. The van der Waals surface area contributed by atoms with E-state index in [0.29, 0.717) is 12.1 Å². The lowest BCUT2D eigenvalue weighted by Gasteiger charge is -2.10. The quantitative estimate of drug-likeness (QED) is 0.745. The summed E-state index contributed by atoms with van der Waals surface area (Å²) in [6, 6.07) is 4.46. The second-order valence-electron chi connectivity index (χ2n) is 4.50. The van der Waals surface area contributed by atoms with Crippen molar-refractivity contribution in [3.63, 3.8) is 0 Å². The number of carbonyl (C=O) groups is 1. The molecular weight excluding hydrogens is 304 g/mol. The molecule has 0 saturated carbocycles. The number of aliphatic hydroxyl groups excluding tert-OH is 1. The predicted molar refractivity (Wildman–Crippen MR) is 79.5 cm³/mol. The van der Waals surface area contributed by atoms with E-state index in [9.17, 15) is 13.2 Å². The molecule has 0 heterocycles. The molecule has 0 aliphatic heterocycles. The van der Waals surface area contributed by atoms with Crippen LogP contribution in [0.1, 0.15) is 19.8 Å². The summed E-state index contributed by atoms with van der Waals surface area (Å²) in [7, 11) is -3.40. The van der Waals surface area contributed by atoms with Crippen LogP contribution in [0.3, 0.4) is 0 Å². The van der Waals surface area contributed by atoms with Gasteiger partial charge in [-0.3, -0.25) is 9.52 Å². The van der Waals surface area contributed by atoms with E-state index in [1.54, 1.807) is 13.0 Å². The van der Waals surface area contributed by atoms with Crippen LogP contribution in [-0.2, 0) is 14.8 Å². The van der Waals surface area contributed by atoms with Crippen molar-refractivity contribution in [1.29, 1.82) is 0 Å². The number of hydrogen-bond acceptors (Lipinski definition) is 4. The Morgan fingerprint density at radius 1 is 1.45 bits per heavy atom. The molecule has 3 N–H and O–H groups in total. The summed E-state index contributed by atoms with van der Waals surface area (Å²) in [6.45, 7) is 1.61. The van der Waals surface area contributed by atoms with Crippen LogP contribution in [0.4, 0.5) is 11.4 Å². The first-order valence-corrected chi connectivity index (χ1v) is 8.19. The number of benzene rings is 1. The van der Waals surface area contributed by atoms with Gasteiger partial charge in [-0.1, -0.05) is 11.6 Å². The third kappa shape index (κ3) is 6.23. The molecule has 1 unspecified atom stereocenters. The summed E-state index contributed by atoms with van der Waals surface area (Å²) >= 11 is 5.93. The number of amides is 1. The van der Waals surface area contributed by atoms with E-state index in [1.165, 1.54) is 12.1 Å². The van der Waals surface area contributed by atoms with E-state index in [0.717, 1.165) is 6.26 Å². The number of halogens is 1. The molecule has 0 bridgehead atoms. The first kappa shape index (κ1) is 16.7. The van der Waals surface area contributed by atoms with E-state index in [1.807, 2.05) is 0 Å². The maximum Gasteiger partial charge on any atom is 0.229 e. The Hall–Kier alpha value is -1.31. The third-order valence-corrected chi connectivity index (χ3v) is 3.24. The second kappa shape index (κ2) is 6.92. The number of nitrogens with one attached hydrogen (secondary N) is 2. The van der Waals surface area contributed by atoms with E-state index < -0.39 is 16.1 Å². The fourth-order valence-electron chi connectivity index (χ4n) is 1.44. The molecule has 1 aromatic rings. The molecule has 1 rings (SSSR count). The lowest BCUT2D eigenvalue weighted by Crippen LogP contribution is -2.14. The minimum absolute atomic E-state index is 0.184. The molecule has 0 spiro atoms. The van der Waals surface area contributed by atoms with Gasteiger partial charge in [0.15, 0.2) is 0 Å². The summed E-state index contributed by atoms with van der Waals surface area (Å²) in [5.41, 5.74) is 0.709. The molecule has 0 aromatic heterocycles. The number of aliphatic hydroxyl groups is 1. The standard InChI is InChI=1S/C12H17ClN2O4S/c1-8(16)3-6-12(17)14-9-4-5-11(10(13)7-9)15-20(2,18)19/h4-5,7-8,15-16H,3,6H2,1-2H3,(H,14,17). The van der Waals surface area contributed by atoms with Crippen molar-refractivity contribution in [2.75, 3.05) is 16.3 Å². The van der Waals surface area contributed by atoms with Crippen molar-refractivity contribution < 1.29 is 18.3 Å². The molecule has 20 heavy (non-hydrogen) atoms. The topological polar surface area (TPSA) is 95.5 Å². The van der Waals surface area contributed by atoms with Gasteiger partial charge in [0.2, 0.25) is 15.9 Å². The van der Waals surface area contributed by atoms with Crippen LogP contribution >= 0.6 is 11.6 Å². The molecule has 0 aliphatic rings. The van der Waals surface area contributed by atoms with E-state index in [4.69, 9.17) is 16.7 Å². The highest BCUT2D eigenvalue weighted by atomic mass is 35.5. The van der Waals surface area contributed by atoms with Crippen molar-refractivity contribution in [1.82, 2.24) is 0 Å². The zero-order valence-electron chi connectivity index (χ0n) is 11.2. The van der Waals surface area contributed by atoms with Gasteiger partial charge < -0.3 is 10.4 Å². The largest absolute Gasteiger partial charge is 0.393 e. The molecule has 1 aromatic carbocycles. The normalized spacial score (nSPS) is 12.8. The Labute approximate surface area is 123 Å². The Morgan fingerprint density at radius 2 is 2.10 bits per heavy atom. The van der Waals surface area contributed by atoms with Gasteiger partial charge in [-0.2, -0.15) is 0 Å². The monoisotopic (exact) mass is 320 g/mol. The van der Waals surface area contributed by atoms with Crippen molar-refractivity contribution >= 4 is 38.9 Å². The van der Waals surface area contributed by atoms with Gasteiger partial charge in [0.05, 0.1) is 23.1 Å². The van der Waals surface area contributed by atoms with Gasteiger partial charge in [-0.05, 0) is 31.5 Å². The highest BCUT2D eigenvalue weighted by Gasteiger charge is 2.09. The van der Waals surface area contributed by atoms with Gasteiger partial charge >= 0.3 is 0 Å². The third-order valence-electron chi connectivity index (χ3n) is 2.34. The first-order chi connectivity index (χ1) is 9.17. The van der Waals surface area contributed by atoms with Crippen molar-refractivity contribution in [3.8, 4) is 0 Å². The van der Waals surface area contributed by atoms with Crippen molar-refractivity contribution in [2.45, 2.75) is 25.9 Å². The molecule has 1 atom stereocenters. The van der Waals surface area contributed by atoms with Crippen LogP contribution in [0, 0.1) is 0 Å². The predicted octanol–water partition coefficient (Wildman–Crippen LogP) is 1.81. The lowest BCUT2D eigenvalue weighted by atomic mass is 10.2. The Morgan fingerprint density at radius 3 is 2.60 bits per heavy atom. The van der Waals surface area contributed by atoms with Crippen LogP contribution in [0.5, 0.6) is 0 Å². The second-order valence-corrected chi connectivity index (χ2v) is 6.66. The number of sulfonamides is 1. The molecular formula is C12H17ClN2O4S. The Balaban J connectivity index is 2.70. The Bertz CT molecular complexity index is 587. The van der Waals surface area contributed by atoms with Crippen molar-refractivity contribution in [2.24, 2.45) is 0 Å². The number of hydrogen-bond donors (Lipinski definition) is 3. The fraction of sp³-hybridized carbons (Fsp3) is 0.417.